The van der Waals surface area contributed by atoms with Gasteiger partial charge in [0, 0.05) is 13.1 Å². The fourth-order valence-corrected chi connectivity index (χ4v) is 2.70. The van der Waals surface area contributed by atoms with Crippen LogP contribution in [-0.2, 0) is 4.79 Å². The minimum absolute atomic E-state index is 0.198. The average Bonchev–Trinajstić information content (AvgIpc) is 2.41. The van der Waals surface area contributed by atoms with E-state index in [1.165, 1.54) is 25.7 Å². The van der Waals surface area contributed by atoms with Gasteiger partial charge in [-0.2, -0.15) is 0 Å². The maximum absolute atomic E-state index is 11.9. The molecule has 2 rings (SSSR count). The summed E-state index contributed by atoms with van der Waals surface area (Å²) in [4.78, 5) is 11.9. The number of nitrogens with one attached hydrogen (secondary N) is 2. The molecule has 1 atom stereocenters. The summed E-state index contributed by atoms with van der Waals surface area (Å²) < 4.78 is 0. The summed E-state index contributed by atoms with van der Waals surface area (Å²) in [6.45, 7) is 2.74. The number of allylic oxidation sites excluding steroid dienone is 1. The molecule has 1 unspecified atom stereocenters. The Morgan fingerprint density at radius 1 is 1.41 bits per heavy atom. The minimum Gasteiger partial charge on any atom is -0.356 e. The van der Waals surface area contributed by atoms with Crippen molar-refractivity contribution in [2.24, 2.45) is 5.92 Å². The molecule has 0 radical (unpaired) electrons. The van der Waals surface area contributed by atoms with Gasteiger partial charge in [0.2, 0.25) is 5.91 Å². The van der Waals surface area contributed by atoms with Gasteiger partial charge in [0.1, 0.15) is 0 Å². The number of hydrogen-bond acceptors (Lipinski definition) is 2. The van der Waals surface area contributed by atoms with Crippen molar-refractivity contribution in [1.29, 1.82) is 0 Å². The molecule has 1 amide bonds. The smallest absolute Gasteiger partial charge is 0.224 e. The lowest BCUT2D eigenvalue weighted by Gasteiger charge is -2.22. The highest BCUT2D eigenvalue weighted by Crippen LogP contribution is 2.19. The molecule has 0 aromatic heterocycles. The number of carbonyl (C=O) groups excluding carboxylic acids is 1. The van der Waals surface area contributed by atoms with E-state index in [1.807, 2.05) is 0 Å². The molecule has 2 aliphatic rings. The molecule has 1 heterocycles. The van der Waals surface area contributed by atoms with E-state index >= 15 is 0 Å². The Labute approximate surface area is 104 Å². The van der Waals surface area contributed by atoms with Gasteiger partial charge < -0.3 is 10.6 Å². The van der Waals surface area contributed by atoms with Crippen LogP contribution < -0.4 is 10.6 Å². The number of hydrogen-bond donors (Lipinski definition) is 2. The van der Waals surface area contributed by atoms with E-state index in [0.29, 0.717) is 0 Å². The van der Waals surface area contributed by atoms with Gasteiger partial charge in [0.25, 0.3) is 0 Å². The van der Waals surface area contributed by atoms with Crippen LogP contribution in [0.2, 0.25) is 0 Å². The first-order valence-electron chi connectivity index (χ1n) is 7.02. The van der Waals surface area contributed by atoms with Gasteiger partial charge in [0.15, 0.2) is 0 Å². The minimum atomic E-state index is 0.198. The van der Waals surface area contributed by atoms with Crippen LogP contribution in [0.3, 0.4) is 0 Å². The molecule has 0 spiro atoms. The fourth-order valence-electron chi connectivity index (χ4n) is 2.70. The fraction of sp³-hybridized carbons (Fsp3) is 0.786. The summed E-state index contributed by atoms with van der Waals surface area (Å²) in [5.41, 5.74) is 1.54. The molecule has 3 heteroatoms. The average molecular weight is 236 g/mol. The van der Waals surface area contributed by atoms with E-state index in [9.17, 15) is 4.79 Å². The van der Waals surface area contributed by atoms with Crippen molar-refractivity contribution in [3.05, 3.63) is 11.6 Å². The van der Waals surface area contributed by atoms with Crippen LogP contribution in [0.4, 0.5) is 0 Å². The zero-order valence-electron chi connectivity index (χ0n) is 10.6. The monoisotopic (exact) mass is 236 g/mol. The molecule has 17 heavy (non-hydrogen) atoms. The maximum Gasteiger partial charge on any atom is 0.224 e. The van der Waals surface area contributed by atoms with Crippen LogP contribution in [-0.4, -0.2) is 25.5 Å². The predicted molar refractivity (Wildman–Crippen MR) is 69.8 cm³/mol. The van der Waals surface area contributed by atoms with E-state index in [4.69, 9.17) is 0 Å². The van der Waals surface area contributed by atoms with Gasteiger partial charge >= 0.3 is 0 Å². The highest BCUT2D eigenvalue weighted by atomic mass is 16.1. The van der Waals surface area contributed by atoms with E-state index in [-0.39, 0.29) is 11.8 Å². The lowest BCUT2D eigenvalue weighted by Crippen LogP contribution is -2.40. The largest absolute Gasteiger partial charge is 0.356 e. The highest BCUT2D eigenvalue weighted by molar-refractivity contribution is 5.78. The predicted octanol–water partition coefficient (Wildman–Crippen LogP) is 1.99. The van der Waals surface area contributed by atoms with Gasteiger partial charge in [-0.05, 0) is 51.5 Å². The first-order valence-corrected chi connectivity index (χ1v) is 7.02. The Bertz CT molecular complexity index is 280. The van der Waals surface area contributed by atoms with E-state index < -0.39 is 0 Å². The third-order valence-electron chi connectivity index (χ3n) is 3.80. The summed E-state index contributed by atoms with van der Waals surface area (Å²) in [5.74, 6) is 0.442. The third-order valence-corrected chi connectivity index (χ3v) is 3.80. The van der Waals surface area contributed by atoms with Gasteiger partial charge in [-0.3, -0.25) is 4.79 Å². The SMILES string of the molecule is O=C(NCCC1=CCCCC1)C1CCCNC1. The standard InChI is InChI=1S/C14H24N2O/c17-14(13-7-4-9-15-11-13)16-10-8-12-5-2-1-3-6-12/h5,13,15H,1-4,6-11H2,(H,16,17). The summed E-state index contributed by atoms with van der Waals surface area (Å²) in [6, 6.07) is 0. The van der Waals surface area contributed by atoms with Crippen LogP contribution in [0, 0.1) is 5.92 Å². The van der Waals surface area contributed by atoms with Crippen molar-refractivity contribution in [2.45, 2.75) is 44.9 Å². The normalized spacial score (nSPS) is 25.2. The Kier molecular flexibility index (Phi) is 5.05. The summed E-state index contributed by atoms with van der Waals surface area (Å²) in [5, 5.41) is 6.36. The highest BCUT2D eigenvalue weighted by Gasteiger charge is 2.20. The van der Waals surface area contributed by atoms with Crippen molar-refractivity contribution in [3.63, 3.8) is 0 Å². The molecule has 1 aliphatic carbocycles. The quantitative estimate of drug-likeness (QED) is 0.733. The number of carbonyl (C=O) groups is 1. The van der Waals surface area contributed by atoms with Crippen LogP contribution >= 0.6 is 0 Å². The number of amides is 1. The molecular formula is C14H24N2O. The lowest BCUT2D eigenvalue weighted by molar-refractivity contribution is -0.125. The second-order valence-electron chi connectivity index (χ2n) is 5.19. The second kappa shape index (κ2) is 6.80. The number of rotatable bonds is 4. The van der Waals surface area contributed by atoms with Crippen LogP contribution in [0.5, 0.6) is 0 Å². The van der Waals surface area contributed by atoms with Crippen molar-refractivity contribution < 1.29 is 4.79 Å². The molecule has 1 saturated heterocycles. The van der Waals surface area contributed by atoms with Gasteiger partial charge in [-0.15, -0.1) is 0 Å². The molecule has 0 saturated carbocycles. The second-order valence-corrected chi connectivity index (χ2v) is 5.19. The molecule has 96 valence electrons. The molecule has 1 aliphatic heterocycles. The third kappa shape index (κ3) is 4.15. The van der Waals surface area contributed by atoms with E-state index in [0.717, 1.165) is 38.9 Å². The molecule has 0 aromatic carbocycles. The number of piperidine rings is 1. The van der Waals surface area contributed by atoms with Crippen molar-refractivity contribution in [3.8, 4) is 0 Å². The van der Waals surface area contributed by atoms with Crippen molar-refractivity contribution >= 4 is 5.91 Å². The van der Waals surface area contributed by atoms with Gasteiger partial charge in [-0.25, -0.2) is 0 Å². The first-order chi connectivity index (χ1) is 8.36. The summed E-state index contributed by atoms with van der Waals surface area (Å²) >= 11 is 0. The zero-order valence-corrected chi connectivity index (χ0v) is 10.6. The Morgan fingerprint density at radius 3 is 3.06 bits per heavy atom. The zero-order chi connectivity index (χ0) is 11.9. The first kappa shape index (κ1) is 12.6. The van der Waals surface area contributed by atoms with Gasteiger partial charge in [0.05, 0.1) is 5.92 Å². The molecule has 3 nitrogen and oxygen atoms in total. The molecule has 0 bridgehead atoms. The van der Waals surface area contributed by atoms with Crippen molar-refractivity contribution in [2.75, 3.05) is 19.6 Å². The Hall–Kier alpha value is -0.830. The lowest BCUT2D eigenvalue weighted by atomic mass is 9.96. The molecular weight excluding hydrogens is 212 g/mol. The summed E-state index contributed by atoms with van der Waals surface area (Å²) in [7, 11) is 0. The van der Waals surface area contributed by atoms with Crippen LogP contribution in [0.25, 0.3) is 0 Å². The van der Waals surface area contributed by atoms with Crippen LogP contribution in [0.15, 0.2) is 11.6 Å². The maximum atomic E-state index is 11.9. The topological polar surface area (TPSA) is 41.1 Å². The Balaban J connectivity index is 1.63. The van der Waals surface area contributed by atoms with Crippen LogP contribution in [0.1, 0.15) is 44.9 Å². The molecule has 1 fully saturated rings. The Morgan fingerprint density at radius 2 is 2.35 bits per heavy atom. The molecule has 0 aromatic rings. The van der Waals surface area contributed by atoms with E-state index in [1.54, 1.807) is 5.57 Å². The molecule has 2 N–H and O–H groups in total. The van der Waals surface area contributed by atoms with Gasteiger partial charge in [-0.1, -0.05) is 11.6 Å². The van der Waals surface area contributed by atoms with E-state index in [2.05, 4.69) is 16.7 Å². The summed E-state index contributed by atoms with van der Waals surface area (Å²) in [6.07, 6.45) is 10.7. The van der Waals surface area contributed by atoms with Crippen molar-refractivity contribution in [1.82, 2.24) is 10.6 Å².